The quantitative estimate of drug-likeness (QED) is 0.181. The van der Waals surface area contributed by atoms with Crippen LogP contribution < -0.4 is 0 Å². The van der Waals surface area contributed by atoms with Crippen molar-refractivity contribution in [2.75, 3.05) is 0 Å². The fraction of sp³-hybridized carbons (Fsp3) is 0. The summed E-state index contributed by atoms with van der Waals surface area (Å²) in [5.41, 5.74) is 11.5. The van der Waals surface area contributed by atoms with E-state index in [1.807, 2.05) is 53.9 Å². The highest BCUT2D eigenvalue weighted by molar-refractivity contribution is 7.26. The lowest BCUT2D eigenvalue weighted by Crippen LogP contribution is -1.96. The summed E-state index contributed by atoms with van der Waals surface area (Å²) in [6.45, 7) is 0. The molecule has 49 heavy (non-hydrogen) atoms. The van der Waals surface area contributed by atoms with Crippen LogP contribution in [0.15, 0.2) is 176 Å². The molecule has 0 saturated heterocycles. The van der Waals surface area contributed by atoms with Gasteiger partial charge in [0.2, 0.25) is 0 Å². The Morgan fingerprint density at radius 3 is 1.73 bits per heavy atom. The first-order chi connectivity index (χ1) is 24.3. The van der Waals surface area contributed by atoms with Crippen molar-refractivity contribution >= 4 is 31.5 Å². The second-order valence-corrected chi connectivity index (χ2v) is 13.1. The van der Waals surface area contributed by atoms with Gasteiger partial charge in [0.1, 0.15) is 0 Å². The molecule has 3 heterocycles. The van der Waals surface area contributed by atoms with Gasteiger partial charge in [-0.3, -0.25) is 4.98 Å². The minimum Gasteiger partial charge on any atom is -0.256 e. The predicted molar refractivity (Wildman–Crippen MR) is 205 cm³/mol. The molecule has 0 unspecified atom stereocenters. The molecule has 0 saturated carbocycles. The van der Waals surface area contributed by atoms with Crippen LogP contribution in [0.25, 0.3) is 87.6 Å². The monoisotopic (exact) mass is 643 g/mol. The van der Waals surface area contributed by atoms with Crippen LogP contribution in [-0.4, -0.2) is 15.0 Å². The molecule has 0 amide bonds. The summed E-state index contributed by atoms with van der Waals surface area (Å²) in [5, 5.41) is 2.58. The van der Waals surface area contributed by atoms with Crippen LogP contribution in [0, 0.1) is 0 Å². The maximum absolute atomic E-state index is 5.21. The van der Waals surface area contributed by atoms with Crippen molar-refractivity contribution < 1.29 is 0 Å². The van der Waals surface area contributed by atoms with Gasteiger partial charge in [0.25, 0.3) is 0 Å². The zero-order valence-electron chi connectivity index (χ0n) is 26.5. The minimum absolute atomic E-state index is 0.695. The second-order valence-electron chi connectivity index (χ2n) is 12.1. The minimum atomic E-state index is 0.695. The van der Waals surface area contributed by atoms with Crippen LogP contribution in [0.3, 0.4) is 0 Å². The van der Waals surface area contributed by atoms with E-state index in [2.05, 4.69) is 138 Å². The van der Waals surface area contributed by atoms with Crippen molar-refractivity contribution in [3.8, 4) is 67.4 Å². The highest BCUT2D eigenvalue weighted by Gasteiger charge is 2.16. The molecule has 3 nitrogen and oxygen atoms in total. The summed E-state index contributed by atoms with van der Waals surface area (Å²) >= 11 is 1.86. The largest absolute Gasteiger partial charge is 0.256 e. The molecule has 230 valence electrons. The van der Waals surface area contributed by atoms with Gasteiger partial charge < -0.3 is 0 Å². The molecule has 0 spiro atoms. The summed E-state index contributed by atoms with van der Waals surface area (Å²) in [6, 6.07) is 59.6. The van der Waals surface area contributed by atoms with E-state index in [-0.39, 0.29) is 0 Å². The van der Waals surface area contributed by atoms with E-state index in [1.165, 1.54) is 25.7 Å². The Hall–Kier alpha value is -6.23. The van der Waals surface area contributed by atoms with Gasteiger partial charge in [-0.15, -0.1) is 11.3 Å². The number of fused-ring (bicyclic) bond motifs is 3. The number of hydrogen-bond donors (Lipinski definition) is 0. The molecule has 0 aliphatic carbocycles. The van der Waals surface area contributed by atoms with Crippen LogP contribution in [0.5, 0.6) is 0 Å². The lowest BCUT2D eigenvalue weighted by Gasteiger charge is -2.14. The van der Waals surface area contributed by atoms with Crippen molar-refractivity contribution in [1.82, 2.24) is 15.0 Å². The van der Waals surface area contributed by atoms with Crippen molar-refractivity contribution in [3.63, 3.8) is 0 Å². The first-order valence-electron chi connectivity index (χ1n) is 16.3. The van der Waals surface area contributed by atoms with Gasteiger partial charge >= 0.3 is 0 Å². The average molecular weight is 644 g/mol. The Morgan fingerprint density at radius 2 is 0.980 bits per heavy atom. The van der Waals surface area contributed by atoms with E-state index < -0.39 is 0 Å². The SMILES string of the molecule is c1ccc(-c2cc(-c3cc(-c4ccc(-c5ccccn5)cc4)nc(-c4ccccc4)n3)cc(-c3cccc4c3sc3ccccc34)c2)cc1. The van der Waals surface area contributed by atoms with E-state index in [1.54, 1.807) is 0 Å². The molecule has 4 heteroatoms. The standard InChI is InChI=1S/C45H29N3S/c1-3-12-30(13-4-1)34-26-35(37-17-11-18-39-38-16-7-8-20-43(38)49-44(37)39)28-36(27-34)42-29-41(47-45(48-42)33-14-5-2-6-15-33)32-23-21-31(22-24-32)40-19-9-10-25-46-40/h1-29H. The molecular formula is C45H29N3S. The van der Waals surface area contributed by atoms with Crippen LogP contribution >= 0.6 is 11.3 Å². The normalized spacial score (nSPS) is 11.3. The molecule has 0 aliphatic heterocycles. The highest BCUT2D eigenvalue weighted by atomic mass is 32.1. The molecule has 9 aromatic rings. The molecule has 0 bridgehead atoms. The number of thiophene rings is 1. The fourth-order valence-corrected chi connectivity index (χ4v) is 7.75. The molecule has 0 fully saturated rings. The van der Waals surface area contributed by atoms with Crippen LogP contribution in [0.2, 0.25) is 0 Å². The Morgan fingerprint density at radius 1 is 0.367 bits per heavy atom. The van der Waals surface area contributed by atoms with Crippen LogP contribution in [-0.2, 0) is 0 Å². The van der Waals surface area contributed by atoms with Crippen molar-refractivity contribution in [3.05, 3.63) is 176 Å². The summed E-state index contributed by atoms with van der Waals surface area (Å²) < 4.78 is 2.59. The molecule has 0 aliphatic rings. The molecule has 6 aromatic carbocycles. The summed E-state index contributed by atoms with van der Waals surface area (Å²) in [5.74, 6) is 0.695. The smallest absolute Gasteiger partial charge is 0.160 e. The van der Waals surface area contributed by atoms with Gasteiger partial charge in [-0.1, -0.05) is 127 Å². The van der Waals surface area contributed by atoms with Crippen molar-refractivity contribution in [1.29, 1.82) is 0 Å². The maximum atomic E-state index is 5.21. The van der Waals surface area contributed by atoms with E-state index >= 15 is 0 Å². The first kappa shape index (κ1) is 29.0. The number of hydrogen-bond acceptors (Lipinski definition) is 4. The highest BCUT2D eigenvalue weighted by Crippen LogP contribution is 2.42. The zero-order chi connectivity index (χ0) is 32.6. The summed E-state index contributed by atoms with van der Waals surface area (Å²) in [4.78, 5) is 14.8. The van der Waals surface area contributed by atoms with Gasteiger partial charge in [-0.25, -0.2) is 9.97 Å². The third kappa shape index (κ3) is 5.58. The van der Waals surface area contributed by atoms with E-state index in [9.17, 15) is 0 Å². The van der Waals surface area contributed by atoms with Gasteiger partial charge in [0.05, 0.1) is 17.1 Å². The summed E-state index contributed by atoms with van der Waals surface area (Å²) in [7, 11) is 0. The molecule has 3 aromatic heterocycles. The van der Waals surface area contributed by atoms with Gasteiger partial charge in [0, 0.05) is 48.6 Å². The van der Waals surface area contributed by atoms with Crippen molar-refractivity contribution in [2.45, 2.75) is 0 Å². The second kappa shape index (κ2) is 12.4. The molecule has 0 atom stereocenters. The lowest BCUT2D eigenvalue weighted by atomic mass is 9.94. The van der Waals surface area contributed by atoms with Crippen molar-refractivity contribution in [2.24, 2.45) is 0 Å². The fourth-order valence-electron chi connectivity index (χ4n) is 6.51. The third-order valence-electron chi connectivity index (χ3n) is 8.95. The van der Waals surface area contributed by atoms with E-state index in [0.29, 0.717) is 5.82 Å². The number of benzene rings is 6. The third-order valence-corrected chi connectivity index (χ3v) is 10.2. The van der Waals surface area contributed by atoms with Gasteiger partial charge in [-0.2, -0.15) is 0 Å². The maximum Gasteiger partial charge on any atom is 0.160 e. The molecule has 9 rings (SSSR count). The molecule has 0 N–H and O–H groups in total. The van der Waals surface area contributed by atoms with E-state index in [0.717, 1.165) is 56.0 Å². The summed E-state index contributed by atoms with van der Waals surface area (Å²) in [6.07, 6.45) is 1.82. The predicted octanol–water partition coefficient (Wildman–Crippen LogP) is 12.2. The number of nitrogens with zero attached hydrogens (tertiary/aromatic N) is 3. The number of pyridine rings is 1. The number of rotatable bonds is 6. The Labute approximate surface area is 288 Å². The number of aromatic nitrogens is 3. The molecule has 0 radical (unpaired) electrons. The first-order valence-corrected chi connectivity index (χ1v) is 17.2. The van der Waals surface area contributed by atoms with Crippen LogP contribution in [0.4, 0.5) is 0 Å². The topological polar surface area (TPSA) is 38.7 Å². The lowest BCUT2D eigenvalue weighted by molar-refractivity contribution is 1.18. The zero-order valence-corrected chi connectivity index (χ0v) is 27.3. The van der Waals surface area contributed by atoms with E-state index in [4.69, 9.17) is 9.97 Å². The van der Waals surface area contributed by atoms with Crippen LogP contribution in [0.1, 0.15) is 0 Å². The Kier molecular flexibility index (Phi) is 7.34. The Bertz CT molecular complexity index is 2580. The van der Waals surface area contributed by atoms with Gasteiger partial charge in [0.15, 0.2) is 5.82 Å². The molecular weight excluding hydrogens is 615 g/mol. The average Bonchev–Trinajstić information content (AvgIpc) is 3.58. The van der Waals surface area contributed by atoms with Gasteiger partial charge in [-0.05, 0) is 64.7 Å². The Balaban J connectivity index is 1.24.